The zero-order valence-electron chi connectivity index (χ0n) is 10.7. The Hall–Kier alpha value is -2.04. The summed E-state index contributed by atoms with van der Waals surface area (Å²) < 4.78 is 0. The smallest absolute Gasteiger partial charge is 0.308 e. The maximum atomic E-state index is 10.8. The minimum atomic E-state index is -0.829. The molecule has 2 unspecified atom stereocenters. The first-order valence-corrected chi connectivity index (χ1v) is 5.77. The number of hydrogen-bond acceptors (Lipinski definition) is 3. The van der Waals surface area contributed by atoms with E-state index in [1.807, 2.05) is 6.92 Å². The topological polar surface area (TPSA) is 78.4 Å². The third-order valence-electron chi connectivity index (χ3n) is 2.74. The molecule has 18 heavy (non-hydrogen) atoms. The number of benzene rings is 1. The van der Waals surface area contributed by atoms with E-state index in [0.29, 0.717) is 5.69 Å². The average Bonchev–Trinajstić information content (AvgIpc) is 2.29. The van der Waals surface area contributed by atoms with Gasteiger partial charge in [0, 0.05) is 24.3 Å². The first-order valence-electron chi connectivity index (χ1n) is 5.77. The summed E-state index contributed by atoms with van der Waals surface area (Å²) in [6.07, 6.45) is 0. The molecule has 0 aliphatic carbocycles. The summed E-state index contributed by atoms with van der Waals surface area (Å²) in [6, 6.07) is 6.96. The fourth-order valence-electron chi connectivity index (χ4n) is 1.45. The van der Waals surface area contributed by atoms with Gasteiger partial charge in [0.1, 0.15) is 0 Å². The van der Waals surface area contributed by atoms with Gasteiger partial charge in [0.15, 0.2) is 0 Å². The lowest BCUT2D eigenvalue weighted by Gasteiger charge is -2.19. The molecule has 0 heterocycles. The van der Waals surface area contributed by atoms with Gasteiger partial charge in [0.2, 0.25) is 5.91 Å². The summed E-state index contributed by atoms with van der Waals surface area (Å²) >= 11 is 0. The number of anilines is 2. The average molecular weight is 250 g/mol. The molecule has 1 rings (SSSR count). The number of amides is 1. The molecule has 0 fully saturated rings. The van der Waals surface area contributed by atoms with Crippen LogP contribution >= 0.6 is 0 Å². The van der Waals surface area contributed by atoms with Crippen molar-refractivity contribution in [1.82, 2.24) is 0 Å². The van der Waals surface area contributed by atoms with Crippen molar-refractivity contribution in [2.75, 3.05) is 10.6 Å². The second kappa shape index (κ2) is 6.05. The highest BCUT2D eigenvalue weighted by molar-refractivity contribution is 5.88. The monoisotopic (exact) mass is 250 g/mol. The first-order chi connectivity index (χ1) is 8.40. The van der Waals surface area contributed by atoms with Crippen LogP contribution < -0.4 is 10.6 Å². The molecular formula is C13H18N2O3. The molecule has 1 amide bonds. The van der Waals surface area contributed by atoms with Gasteiger partial charge in [-0.1, -0.05) is 0 Å². The number of nitrogens with one attached hydrogen (secondary N) is 2. The molecule has 0 aliphatic rings. The summed E-state index contributed by atoms with van der Waals surface area (Å²) in [5.74, 6) is -1.42. The Balaban J connectivity index is 2.63. The Kier molecular flexibility index (Phi) is 4.71. The molecule has 5 heteroatoms. The van der Waals surface area contributed by atoms with Crippen LogP contribution in [0.4, 0.5) is 11.4 Å². The summed E-state index contributed by atoms with van der Waals surface area (Å²) in [6.45, 7) is 4.93. The minimum absolute atomic E-state index is 0.122. The predicted molar refractivity (Wildman–Crippen MR) is 70.6 cm³/mol. The number of hydrogen-bond donors (Lipinski definition) is 3. The first kappa shape index (κ1) is 14.0. The van der Waals surface area contributed by atoms with Crippen molar-refractivity contribution in [3.05, 3.63) is 24.3 Å². The van der Waals surface area contributed by atoms with E-state index in [2.05, 4.69) is 10.6 Å². The third-order valence-corrected chi connectivity index (χ3v) is 2.74. The molecule has 0 aliphatic heterocycles. The standard InChI is InChI=1S/C13H18N2O3/c1-8(13(17)18)9(2)14-11-4-6-12(7-5-11)15-10(3)16/h4-9,14H,1-3H3,(H,15,16)(H,17,18). The quantitative estimate of drug-likeness (QED) is 0.748. The molecule has 5 nitrogen and oxygen atoms in total. The minimum Gasteiger partial charge on any atom is -0.481 e. The van der Waals surface area contributed by atoms with Crippen molar-refractivity contribution < 1.29 is 14.7 Å². The van der Waals surface area contributed by atoms with Crippen molar-refractivity contribution in [3.63, 3.8) is 0 Å². The molecule has 0 radical (unpaired) electrons. The number of rotatable bonds is 5. The van der Waals surface area contributed by atoms with Gasteiger partial charge < -0.3 is 15.7 Å². The molecular weight excluding hydrogens is 232 g/mol. The zero-order chi connectivity index (χ0) is 13.7. The Morgan fingerprint density at radius 2 is 1.61 bits per heavy atom. The van der Waals surface area contributed by atoms with Crippen molar-refractivity contribution in [2.45, 2.75) is 26.8 Å². The molecule has 0 saturated carbocycles. The second-order valence-electron chi connectivity index (χ2n) is 4.32. The highest BCUT2D eigenvalue weighted by Gasteiger charge is 2.18. The van der Waals surface area contributed by atoms with Crippen molar-refractivity contribution in [3.8, 4) is 0 Å². The summed E-state index contributed by atoms with van der Waals surface area (Å²) in [4.78, 5) is 21.7. The number of carbonyl (C=O) groups excluding carboxylic acids is 1. The van der Waals surface area contributed by atoms with Crippen molar-refractivity contribution >= 4 is 23.3 Å². The normalized spacial score (nSPS) is 13.5. The molecule has 0 aromatic heterocycles. The molecule has 1 aromatic rings. The van der Waals surface area contributed by atoms with E-state index in [1.54, 1.807) is 31.2 Å². The molecule has 0 saturated heterocycles. The van der Waals surface area contributed by atoms with E-state index < -0.39 is 11.9 Å². The van der Waals surface area contributed by atoms with Gasteiger partial charge in [-0.2, -0.15) is 0 Å². The number of carbonyl (C=O) groups is 2. The van der Waals surface area contributed by atoms with E-state index in [1.165, 1.54) is 6.92 Å². The van der Waals surface area contributed by atoms with E-state index in [9.17, 15) is 9.59 Å². The molecule has 3 N–H and O–H groups in total. The second-order valence-corrected chi connectivity index (χ2v) is 4.32. The lowest BCUT2D eigenvalue weighted by atomic mass is 10.0. The van der Waals surface area contributed by atoms with Crippen LogP contribution in [0.5, 0.6) is 0 Å². The van der Waals surface area contributed by atoms with Crippen LogP contribution in [0.3, 0.4) is 0 Å². The van der Waals surface area contributed by atoms with Crippen LogP contribution in [0.2, 0.25) is 0 Å². The van der Waals surface area contributed by atoms with E-state index in [0.717, 1.165) is 5.69 Å². The number of aliphatic carboxylic acids is 1. The van der Waals surface area contributed by atoms with Gasteiger partial charge in [-0.05, 0) is 38.1 Å². The highest BCUT2D eigenvalue weighted by atomic mass is 16.4. The van der Waals surface area contributed by atoms with Crippen LogP contribution in [0.25, 0.3) is 0 Å². The Morgan fingerprint density at radius 1 is 1.11 bits per heavy atom. The van der Waals surface area contributed by atoms with Gasteiger partial charge in [-0.25, -0.2) is 0 Å². The van der Waals surface area contributed by atoms with E-state index in [4.69, 9.17) is 5.11 Å². The van der Waals surface area contributed by atoms with Crippen LogP contribution in [-0.4, -0.2) is 23.0 Å². The lowest BCUT2D eigenvalue weighted by molar-refractivity contribution is -0.141. The van der Waals surface area contributed by atoms with Crippen LogP contribution in [0.1, 0.15) is 20.8 Å². The predicted octanol–water partition coefficient (Wildman–Crippen LogP) is 2.17. The van der Waals surface area contributed by atoms with Crippen molar-refractivity contribution in [1.29, 1.82) is 0 Å². The molecule has 0 spiro atoms. The Morgan fingerprint density at radius 3 is 2.06 bits per heavy atom. The SMILES string of the molecule is CC(=O)Nc1ccc(NC(C)C(C)C(=O)O)cc1. The zero-order valence-corrected chi connectivity index (χ0v) is 10.7. The van der Waals surface area contributed by atoms with Crippen LogP contribution in [0.15, 0.2) is 24.3 Å². The number of carboxylic acids is 1. The summed E-state index contributed by atoms with van der Waals surface area (Å²) in [7, 11) is 0. The molecule has 1 aromatic carbocycles. The number of carboxylic acid groups (broad SMARTS) is 1. The summed E-state index contributed by atoms with van der Waals surface area (Å²) in [5, 5.41) is 14.7. The lowest BCUT2D eigenvalue weighted by Crippen LogP contribution is -2.29. The Labute approximate surface area is 106 Å². The summed E-state index contributed by atoms with van der Waals surface area (Å²) in [5.41, 5.74) is 1.54. The highest BCUT2D eigenvalue weighted by Crippen LogP contribution is 2.16. The van der Waals surface area contributed by atoms with Crippen LogP contribution in [-0.2, 0) is 9.59 Å². The van der Waals surface area contributed by atoms with Gasteiger partial charge in [-0.15, -0.1) is 0 Å². The van der Waals surface area contributed by atoms with E-state index >= 15 is 0 Å². The molecule has 98 valence electrons. The van der Waals surface area contributed by atoms with Gasteiger partial charge in [0.25, 0.3) is 0 Å². The van der Waals surface area contributed by atoms with Gasteiger partial charge >= 0.3 is 5.97 Å². The van der Waals surface area contributed by atoms with Gasteiger partial charge in [-0.3, -0.25) is 9.59 Å². The maximum Gasteiger partial charge on any atom is 0.308 e. The Bertz CT molecular complexity index is 428. The fraction of sp³-hybridized carbons (Fsp3) is 0.385. The fourth-order valence-corrected chi connectivity index (χ4v) is 1.45. The largest absolute Gasteiger partial charge is 0.481 e. The van der Waals surface area contributed by atoms with Gasteiger partial charge in [0.05, 0.1) is 5.92 Å². The maximum absolute atomic E-state index is 10.8. The molecule has 2 atom stereocenters. The van der Waals surface area contributed by atoms with Crippen LogP contribution in [0, 0.1) is 5.92 Å². The van der Waals surface area contributed by atoms with E-state index in [-0.39, 0.29) is 11.9 Å². The molecule has 0 bridgehead atoms. The third kappa shape index (κ3) is 4.08. The van der Waals surface area contributed by atoms with Crippen molar-refractivity contribution in [2.24, 2.45) is 5.92 Å².